The molecule has 0 unspecified atom stereocenters. The summed E-state index contributed by atoms with van der Waals surface area (Å²) >= 11 is 0. The molecule has 1 heterocycles. The maximum absolute atomic E-state index is 13.2. The van der Waals surface area contributed by atoms with Gasteiger partial charge in [0.2, 0.25) is 5.91 Å². The molecule has 0 radical (unpaired) electrons. The van der Waals surface area contributed by atoms with Crippen LogP contribution in [0.5, 0.6) is 0 Å². The summed E-state index contributed by atoms with van der Waals surface area (Å²) in [6.07, 6.45) is -0.0807. The first-order chi connectivity index (χ1) is 7.65. The second-order valence-corrected chi connectivity index (χ2v) is 3.71. The van der Waals surface area contributed by atoms with Crippen LogP contribution in [0.25, 0.3) is 0 Å². The summed E-state index contributed by atoms with van der Waals surface area (Å²) in [5.74, 6) is -1.62. The lowest BCUT2D eigenvalue weighted by Crippen LogP contribution is -2.49. The lowest BCUT2D eigenvalue weighted by atomic mass is 10.1. The Balaban J connectivity index is 1.94. The third-order valence-corrected chi connectivity index (χ3v) is 2.37. The van der Waals surface area contributed by atoms with E-state index in [1.165, 1.54) is 6.07 Å². The molecule has 3 nitrogen and oxygen atoms in total. The third kappa shape index (κ3) is 2.55. The number of amides is 1. The SMILES string of the molecule is O=C(Cc1ccc(F)cc1F)NC1COC1. The van der Waals surface area contributed by atoms with Crippen LogP contribution in [0, 0.1) is 11.6 Å². The highest BCUT2D eigenvalue weighted by Gasteiger charge is 2.20. The maximum Gasteiger partial charge on any atom is 0.224 e. The van der Waals surface area contributed by atoms with Crippen molar-refractivity contribution in [2.45, 2.75) is 12.5 Å². The van der Waals surface area contributed by atoms with E-state index in [1.807, 2.05) is 0 Å². The van der Waals surface area contributed by atoms with Crippen molar-refractivity contribution < 1.29 is 18.3 Å². The lowest BCUT2D eigenvalue weighted by Gasteiger charge is -2.26. The molecule has 1 N–H and O–H groups in total. The molecule has 0 aromatic heterocycles. The van der Waals surface area contributed by atoms with Gasteiger partial charge in [0.1, 0.15) is 11.6 Å². The maximum atomic E-state index is 13.2. The molecular weight excluding hydrogens is 216 g/mol. The van der Waals surface area contributed by atoms with E-state index < -0.39 is 11.6 Å². The lowest BCUT2D eigenvalue weighted by molar-refractivity contribution is -0.124. The van der Waals surface area contributed by atoms with Crippen molar-refractivity contribution in [1.82, 2.24) is 5.32 Å². The minimum Gasteiger partial charge on any atom is -0.377 e. The molecule has 0 atom stereocenters. The summed E-state index contributed by atoms with van der Waals surface area (Å²) in [5.41, 5.74) is 0.194. The fourth-order valence-electron chi connectivity index (χ4n) is 1.44. The van der Waals surface area contributed by atoms with Crippen molar-refractivity contribution in [3.05, 3.63) is 35.4 Å². The van der Waals surface area contributed by atoms with Crippen molar-refractivity contribution in [2.75, 3.05) is 13.2 Å². The van der Waals surface area contributed by atoms with Crippen molar-refractivity contribution in [3.63, 3.8) is 0 Å². The summed E-state index contributed by atoms with van der Waals surface area (Å²) in [7, 11) is 0. The van der Waals surface area contributed by atoms with Crippen LogP contribution in [0.2, 0.25) is 0 Å². The topological polar surface area (TPSA) is 38.3 Å². The van der Waals surface area contributed by atoms with Gasteiger partial charge >= 0.3 is 0 Å². The molecule has 0 aliphatic carbocycles. The van der Waals surface area contributed by atoms with Gasteiger partial charge in [-0.3, -0.25) is 4.79 Å². The Morgan fingerprint density at radius 3 is 2.75 bits per heavy atom. The highest BCUT2D eigenvalue weighted by Crippen LogP contribution is 2.10. The van der Waals surface area contributed by atoms with Gasteiger partial charge in [-0.15, -0.1) is 0 Å². The molecule has 1 saturated heterocycles. The monoisotopic (exact) mass is 227 g/mol. The van der Waals surface area contributed by atoms with Gasteiger partial charge in [0.25, 0.3) is 0 Å². The second-order valence-electron chi connectivity index (χ2n) is 3.71. The van der Waals surface area contributed by atoms with Gasteiger partial charge in [-0.1, -0.05) is 6.07 Å². The van der Waals surface area contributed by atoms with Crippen LogP contribution >= 0.6 is 0 Å². The number of carbonyl (C=O) groups is 1. The normalized spacial score (nSPS) is 15.6. The van der Waals surface area contributed by atoms with E-state index in [2.05, 4.69) is 5.32 Å². The first-order valence-corrected chi connectivity index (χ1v) is 4.96. The van der Waals surface area contributed by atoms with Crippen LogP contribution in [0.3, 0.4) is 0 Å². The van der Waals surface area contributed by atoms with Crippen molar-refractivity contribution >= 4 is 5.91 Å². The third-order valence-electron chi connectivity index (χ3n) is 2.37. The van der Waals surface area contributed by atoms with E-state index in [9.17, 15) is 13.6 Å². The van der Waals surface area contributed by atoms with Gasteiger partial charge in [0.15, 0.2) is 0 Å². The zero-order valence-electron chi connectivity index (χ0n) is 8.50. The van der Waals surface area contributed by atoms with Crippen LogP contribution in [-0.2, 0) is 16.0 Å². The minimum atomic E-state index is -0.694. The zero-order valence-corrected chi connectivity index (χ0v) is 8.50. The Morgan fingerprint density at radius 2 is 2.19 bits per heavy atom. The fraction of sp³-hybridized carbons (Fsp3) is 0.364. The quantitative estimate of drug-likeness (QED) is 0.837. The van der Waals surface area contributed by atoms with Gasteiger partial charge in [-0.25, -0.2) is 8.78 Å². The fourth-order valence-corrected chi connectivity index (χ4v) is 1.44. The molecule has 1 aromatic carbocycles. The van der Waals surface area contributed by atoms with E-state index in [0.29, 0.717) is 13.2 Å². The van der Waals surface area contributed by atoms with Crippen LogP contribution < -0.4 is 5.32 Å². The first kappa shape index (κ1) is 11.0. The van der Waals surface area contributed by atoms with Gasteiger partial charge < -0.3 is 10.1 Å². The standard InChI is InChI=1S/C11H11F2NO2/c12-8-2-1-7(10(13)4-8)3-11(15)14-9-5-16-6-9/h1-2,4,9H,3,5-6H2,(H,14,15). The van der Waals surface area contributed by atoms with Crippen molar-refractivity contribution in [2.24, 2.45) is 0 Å². The number of hydrogen-bond acceptors (Lipinski definition) is 2. The average molecular weight is 227 g/mol. The molecule has 5 heteroatoms. The second kappa shape index (κ2) is 4.57. The number of ether oxygens (including phenoxy) is 1. The number of halogens is 2. The largest absolute Gasteiger partial charge is 0.377 e. The van der Waals surface area contributed by atoms with Crippen LogP contribution in [0.4, 0.5) is 8.78 Å². The Bertz CT molecular complexity index is 405. The summed E-state index contributed by atoms with van der Waals surface area (Å²) in [6.45, 7) is 0.995. The summed E-state index contributed by atoms with van der Waals surface area (Å²) < 4.78 is 30.7. The van der Waals surface area contributed by atoms with Crippen LogP contribution in [0.1, 0.15) is 5.56 Å². The number of hydrogen-bond donors (Lipinski definition) is 1. The Kier molecular flexibility index (Phi) is 3.14. The summed E-state index contributed by atoms with van der Waals surface area (Å²) in [6, 6.07) is 3.21. The molecule has 1 aliphatic heterocycles. The van der Waals surface area contributed by atoms with Crippen molar-refractivity contribution in [1.29, 1.82) is 0 Å². The molecule has 0 spiro atoms. The van der Waals surface area contributed by atoms with Gasteiger partial charge in [-0.05, 0) is 11.6 Å². The molecule has 0 saturated carbocycles. The van der Waals surface area contributed by atoms with E-state index in [0.717, 1.165) is 12.1 Å². The van der Waals surface area contributed by atoms with E-state index >= 15 is 0 Å². The smallest absolute Gasteiger partial charge is 0.224 e. The number of carbonyl (C=O) groups excluding carboxylic acids is 1. The summed E-state index contributed by atoms with van der Waals surface area (Å²) in [4.78, 5) is 11.4. The van der Waals surface area contributed by atoms with Gasteiger partial charge in [0.05, 0.1) is 25.7 Å². The highest BCUT2D eigenvalue weighted by atomic mass is 19.1. The van der Waals surface area contributed by atoms with Crippen LogP contribution in [-0.4, -0.2) is 25.2 Å². The van der Waals surface area contributed by atoms with Crippen molar-refractivity contribution in [3.8, 4) is 0 Å². The molecule has 16 heavy (non-hydrogen) atoms. The predicted octanol–water partition coefficient (Wildman–Crippen LogP) is 1.02. The number of nitrogens with one attached hydrogen (secondary N) is 1. The Morgan fingerprint density at radius 1 is 1.44 bits per heavy atom. The van der Waals surface area contributed by atoms with E-state index in [4.69, 9.17) is 4.74 Å². The Labute approximate surface area is 91.4 Å². The summed E-state index contributed by atoms with van der Waals surface area (Å²) in [5, 5.41) is 2.68. The molecule has 1 aromatic rings. The van der Waals surface area contributed by atoms with E-state index in [1.54, 1.807) is 0 Å². The average Bonchev–Trinajstić information content (AvgIpc) is 2.16. The zero-order chi connectivity index (χ0) is 11.5. The molecular formula is C11H11F2NO2. The Hall–Kier alpha value is -1.49. The van der Waals surface area contributed by atoms with E-state index in [-0.39, 0.29) is 23.9 Å². The molecule has 1 aliphatic rings. The van der Waals surface area contributed by atoms with Gasteiger partial charge in [0, 0.05) is 6.07 Å². The number of rotatable bonds is 3. The highest BCUT2D eigenvalue weighted by molar-refractivity contribution is 5.79. The van der Waals surface area contributed by atoms with Crippen LogP contribution in [0.15, 0.2) is 18.2 Å². The minimum absolute atomic E-state index is 0.0241. The first-order valence-electron chi connectivity index (χ1n) is 4.96. The molecule has 86 valence electrons. The molecule has 1 amide bonds. The molecule has 0 bridgehead atoms. The van der Waals surface area contributed by atoms with Gasteiger partial charge in [-0.2, -0.15) is 0 Å². The molecule has 1 fully saturated rings. The predicted molar refractivity (Wildman–Crippen MR) is 52.8 cm³/mol. The molecule has 2 rings (SSSR count). The number of benzene rings is 1.